The fourth-order valence-electron chi connectivity index (χ4n) is 4.45. The molecule has 4 heterocycles. The molecular formula is C21H21N3O3. The van der Waals surface area contributed by atoms with Gasteiger partial charge < -0.3 is 20.4 Å². The number of esters is 1. The van der Waals surface area contributed by atoms with E-state index in [-0.39, 0.29) is 24.2 Å². The van der Waals surface area contributed by atoms with E-state index in [1.807, 2.05) is 38.1 Å². The minimum Gasteiger partial charge on any atom is -0.460 e. The van der Waals surface area contributed by atoms with E-state index >= 15 is 0 Å². The van der Waals surface area contributed by atoms with Crippen molar-refractivity contribution in [2.24, 2.45) is 0 Å². The van der Waals surface area contributed by atoms with Crippen LogP contribution in [0.15, 0.2) is 34.6 Å². The fourth-order valence-corrected chi connectivity index (χ4v) is 4.45. The van der Waals surface area contributed by atoms with E-state index in [0.29, 0.717) is 24.2 Å². The Kier molecular flexibility index (Phi) is 3.15. The van der Waals surface area contributed by atoms with Crippen molar-refractivity contribution in [2.45, 2.75) is 44.9 Å². The van der Waals surface area contributed by atoms with Crippen LogP contribution >= 0.6 is 0 Å². The summed E-state index contributed by atoms with van der Waals surface area (Å²) in [6.45, 7) is 4.38. The highest BCUT2D eigenvalue weighted by Gasteiger charge is 2.44. The number of rotatable bonds is 1. The first kappa shape index (κ1) is 16.2. The number of benzene rings is 1. The number of nitrogens with zero attached hydrogens (tertiary/aromatic N) is 1. The predicted octanol–water partition coefficient (Wildman–Crippen LogP) is 2.72. The molecule has 138 valence electrons. The lowest BCUT2D eigenvalue weighted by Crippen LogP contribution is -2.42. The Bertz CT molecular complexity index is 1100. The Morgan fingerprint density at radius 1 is 1.37 bits per heavy atom. The quantitative estimate of drug-likeness (QED) is 0.601. The van der Waals surface area contributed by atoms with Gasteiger partial charge in [0.2, 0.25) is 0 Å². The van der Waals surface area contributed by atoms with Crippen molar-refractivity contribution in [3.63, 3.8) is 0 Å². The van der Waals surface area contributed by atoms with Crippen LogP contribution in [-0.4, -0.2) is 10.5 Å². The van der Waals surface area contributed by atoms with E-state index < -0.39 is 5.41 Å². The number of nitrogens with two attached hydrogens (primary N) is 1. The Balaban J connectivity index is 1.71. The molecule has 2 atom stereocenters. The van der Waals surface area contributed by atoms with Gasteiger partial charge in [-0.2, -0.15) is 0 Å². The molecule has 0 saturated carbocycles. The number of aromatic nitrogens is 1. The lowest BCUT2D eigenvalue weighted by atomic mass is 9.76. The van der Waals surface area contributed by atoms with Crippen LogP contribution in [0.3, 0.4) is 0 Å². The standard InChI is InChI=1S/C21H21N3O3/c1-3-21(2)14-8-17-18-11(7-12-15(22)5-4-6-16(12)23-18)9-24(17)19(25)13(14)10-27-20(21)26/h4-8,18,23H,3,9-10,22H2,1-2H3. The number of anilines is 2. The van der Waals surface area contributed by atoms with E-state index in [1.165, 1.54) is 0 Å². The van der Waals surface area contributed by atoms with Crippen molar-refractivity contribution in [3.8, 4) is 0 Å². The van der Waals surface area contributed by atoms with Gasteiger partial charge in [-0.1, -0.05) is 13.0 Å². The number of hydrogen-bond acceptors (Lipinski definition) is 5. The maximum Gasteiger partial charge on any atom is 0.316 e. The predicted molar refractivity (Wildman–Crippen MR) is 103 cm³/mol. The van der Waals surface area contributed by atoms with Crippen molar-refractivity contribution in [1.29, 1.82) is 0 Å². The fraction of sp³-hybridized carbons (Fsp3) is 0.333. The summed E-state index contributed by atoms with van der Waals surface area (Å²) in [7, 11) is 0. The second kappa shape index (κ2) is 5.25. The topological polar surface area (TPSA) is 86.3 Å². The zero-order valence-electron chi connectivity index (χ0n) is 15.3. The van der Waals surface area contributed by atoms with Gasteiger partial charge in [0.15, 0.2) is 0 Å². The molecule has 6 heteroatoms. The van der Waals surface area contributed by atoms with Crippen LogP contribution in [0.25, 0.3) is 6.08 Å². The number of fused-ring (bicyclic) bond motifs is 5. The largest absolute Gasteiger partial charge is 0.460 e. The van der Waals surface area contributed by atoms with Crippen LogP contribution in [0, 0.1) is 0 Å². The number of nitrogen functional groups attached to an aromatic ring is 1. The number of carbonyl (C=O) groups is 1. The molecule has 0 spiro atoms. The summed E-state index contributed by atoms with van der Waals surface area (Å²) in [6, 6.07) is 7.72. The Labute approximate surface area is 156 Å². The van der Waals surface area contributed by atoms with Crippen LogP contribution in [0.2, 0.25) is 0 Å². The van der Waals surface area contributed by atoms with Crippen molar-refractivity contribution in [2.75, 3.05) is 11.1 Å². The van der Waals surface area contributed by atoms with Gasteiger partial charge >= 0.3 is 5.97 Å². The zero-order chi connectivity index (χ0) is 18.9. The highest BCUT2D eigenvalue weighted by atomic mass is 16.5. The first-order chi connectivity index (χ1) is 12.9. The molecule has 27 heavy (non-hydrogen) atoms. The van der Waals surface area contributed by atoms with E-state index in [2.05, 4.69) is 11.4 Å². The molecule has 3 N–H and O–H groups in total. The maximum absolute atomic E-state index is 13.2. The van der Waals surface area contributed by atoms with Crippen LogP contribution in [0.4, 0.5) is 11.4 Å². The first-order valence-electron chi connectivity index (χ1n) is 9.24. The summed E-state index contributed by atoms with van der Waals surface area (Å²) >= 11 is 0. The molecule has 2 aromatic rings. The summed E-state index contributed by atoms with van der Waals surface area (Å²) in [5.74, 6) is -0.259. The van der Waals surface area contributed by atoms with Gasteiger partial charge in [0, 0.05) is 29.2 Å². The molecule has 0 fully saturated rings. The van der Waals surface area contributed by atoms with E-state index in [4.69, 9.17) is 10.5 Å². The zero-order valence-corrected chi connectivity index (χ0v) is 15.3. The van der Waals surface area contributed by atoms with Crippen LogP contribution in [-0.2, 0) is 28.1 Å². The molecule has 0 radical (unpaired) electrons. The van der Waals surface area contributed by atoms with Crippen molar-refractivity contribution in [1.82, 2.24) is 4.57 Å². The molecular weight excluding hydrogens is 342 g/mol. The van der Waals surface area contributed by atoms with Gasteiger partial charge in [-0.3, -0.25) is 9.59 Å². The van der Waals surface area contributed by atoms with Crippen molar-refractivity contribution < 1.29 is 9.53 Å². The molecule has 0 aliphatic carbocycles. The third-order valence-electron chi connectivity index (χ3n) is 6.31. The molecule has 5 rings (SSSR count). The number of carbonyl (C=O) groups excluding carboxylic acids is 1. The van der Waals surface area contributed by atoms with Gasteiger partial charge in [0.1, 0.15) is 6.61 Å². The number of ether oxygens (including phenoxy) is 1. The van der Waals surface area contributed by atoms with Gasteiger partial charge in [-0.25, -0.2) is 0 Å². The molecule has 3 aliphatic heterocycles. The van der Waals surface area contributed by atoms with E-state index in [0.717, 1.165) is 28.1 Å². The van der Waals surface area contributed by atoms with Crippen molar-refractivity contribution in [3.05, 3.63) is 62.6 Å². The van der Waals surface area contributed by atoms with Crippen molar-refractivity contribution >= 4 is 23.4 Å². The summed E-state index contributed by atoms with van der Waals surface area (Å²) in [6.07, 6.45) is 2.67. The third kappa shape index (κ3) is 2.01. The second-order valence-electron chi connectivity index (χ2n) is 7.72. The number of hydrogen-bond donors (Lipinski definition) is 2. The van der Waals surface area contributed by atoms with E-state index in [1.54, 1.807) is 4.57 Å². The highest BCUT2D eigenvalue weighted by molar-refractivity contribution is 5.85. The lowest BCUT2D eigenvalue weighted by molar-refractivity contribution is -0.153. The van der Waals surface area contributed by atoms with Crippen LogP contribution in [0.1, 0.15) is 48.7 Å². The van der Waals surface area contributed by atoms with Crippen LogP contribution in [0.5, 0.6) is 0 Å². The Morgan fingerprint density at radius 3 is 2.96 bits per heavy atom. The maximum atomic E-state index is 13.2. The molecule has 0 amide bonds. The molecule has 3 aliphatic rings. The number of nitrogens with one attached hydrogen (secondary N) is 1. The first-order valence-corrected chi connectivity index (χ1v) is 9.24. The molecule has 0 saturated heterocycles. The van der Waals surface area contributed by atoms with Crippen LogP contribution < -0.4 is 16.6 Å². The van der Waals surface area contributed by atoms with Gasteiger partial charge in [-0.15, -0.1) is 0 Å². The normalized spacial score (nSPS) is 24.7. The summed E-state index contributed by atoms with van der Waals surface area (Å²) in [5, 5.41) is 3.52. The summed E-state index contributed by atoms with van der Waals surface area (Å²) < 4.78 is 7.13. The average molecular weight is 363 g/mol. The number of pyridine rings is 1. The highest BCUT2D eigenvalue weighted by Crippen LogP contribution is 2.44. The summed E-state index contributed by atoms with van der Waals surface area (Å²) in [5.41, 5.74) is 11.3. The van der Waals surface area contributed by atoms with Gasteiger partial charge in [0.25, 0.3) is 5.56 Å². The molecule has 6 nitrogen and oxygen atoms in total. The monoisotopic (exact) mass is 363 g/mol. The van der Waals surface area contributed by atoms with E-state index in [9.17, 15) is 9.59 Å². The Hall–Kier alpha value is -3.02. The second-order valence-corrected chi connectivity index (χ2v) is 7.72. The minimum absolute atomic E-state index is 0.0488. The van der Waals surface area contributed by atoms with Gasteiger partial charge in [-0.05, 0) is 48.8 Å². The molecule has 1 aromatic carbocycles. The minimum atomic E-state index is -0.786. The lowest BCUT2D eigenvalue weighted by Gasteiger charge is -2.33. The molecule has 2 unspecified atom stereocenters. The molecule has 0 bridgehead atoms. The smallest absolute Gasteiger partial charge is 0.316 e. The summed E-state index contributed by atoms with van der Waals surface area (Å²) in [4.78, 5) is 25.6. The average Bonchev–Trinajstić information content (AvgIpc) is 3.02. The SMILES string of the molecule is CCC1(C)C(=O)OCc2c1cc1n(c2=O)CC2=Cc3c(N)cccc3NC21. The third-order valence-corrected chi connectivity index (χ3v) is 6.31. The molecule has 1 aromatic heterocycles. The van der Waals surface area contributed by atoms with Gasteiger partial charge in [0.05, 0.1) is 17.0 Å². The number of cyclic esters (lactones) is 1. The Morgan fingerprint density at radius 2 is 2.19 bits per heavy atom.